The molecule has 0 aromatic heterocycles. The van der Waals surface area contributed by atoms with Crippen molar-refractivity contribution in [3.8, 4) is 0 Å². The Kier molecular flexibility index (Phi) is 4.12. The van der Waals surface area contributed by atoms with E-state index in [1.54, 1.807) is 0 Å². The van der Waals surface area contributed by atoms with E-state index in [9.17, 15) is 0 Å². The van der Waals surface area contributed by atoms with Crippen molar-refractivity contribution in [3.05, 3.63) is 10.6 Å². The number of ether oxygens (including phenoxy) is 2. The summed E-state index contributed by atoms with van der Waals surface area (Å²) in [6, 6.07) is 0. The van der Waals surface area contributed by atoms with Crippen LogP contribution in [-0.2, 0) is 9.47 Å². The molecule has 1 aliphatic rings. The van der Waals surface area contributed by atoms with Crippen LogP contribution in [0, 0.1) is 0 Å². The molecule has 2 nitrogen and oxygen atoms in total. The van der Waals surface area contributed by atoms with Crippen molar-refractivity contribution in [2.45, 2.75) is 26.1 Å². The maximum atomic E-state index is 5.40. The Labute approximate surface area is 75.7 Å². The highest BCUT2D eigenvalue weighted by atomic mass is 79.9. The molecular weight excluding hydrogens is 208 g/mol. The minimum Gasteiger partial charge on any atom is -0.348 e. The van der Waals surface area contributed by atoms with Gasteiger partial charge in [-0.1, -0.05) is 29.3 Å². The molecule has 0 radical (unpaired) electrons. The largest absolute Gasteiger partial charge is 0.348 e. The maximum Gasteiger partial charge on any atom is 0.158 e. The van der Waals surface area contributed by atoms with Gasteiger partial charge < -0.3 is 9.47 Å². The van der Waals surface area contributed by atoms with Crippen molar-refractivity contribution in [1.29, 1.82) is 0 Å². The van der Waals surface area contributed by atoms with Crippen LogP contribution in [-0.4, -0.2) is 19.5 Å². The van der Waals surface area contributed by atoms with Gasteiger partial charge >= 0.3 is 0 Å². The molecule has 0 aromatic carbocycles. The lowest BCUT2D eigenvalue weighted by molar-refractivity contribution is -0.159. The monoisotopic (exact) mass is 220 g/mol. The molecule has 11 heavy (non-hydrogen) atoms. The Hall–Kier alpha value is 0.140. The third-order valence-corrected chi connectivity index (χ3v) is 2.24. The molecule has 1 aliphatic heterocycles. The first-order chi connectivity index (χ1) is 5.36. The summed E-state index contributed by atoms with van der Waals surface area (Å²) in [5, 5.41) is 0. The van der Waals surface area contributed by atoms with Gasteiger partial charge in [-0.25, -0.2) is 0 Å². The molecule has 3 heteroatoms. The predicted octanol–water partition coefficient (Wildman–Crippen LogP) is 2.44. The number of halogens is 1. The van der Waals surface area contributed by atoms with Crippen molar-refractivity contribution >= 4 is 15.9 Å². The first kappa shape index (κ1) is 9.23. The van der Waals surface area contributed by atoms with E-state index in [1.165, 1.54) is 0 Å². The van der Waals surface area contributed by atoms with E-state index in [4.69, 9.17) is 9.47 Å². The van der Waals surface area contributed by atoms with Crippen LogP contribution in [0.1, 0.15) is 19.8 Å². The number of rotatable bonds is 2. The molecule has 0 saturated carbocycles. The fourth-order valence-electron chi connectivity index (χ4n) is 0.955. The smallest absolute Gasteiger partial charge is 0.158 e. The summed E-state index contributed by atoms with van der Waals surface area (Å²) in [6.07, 6.45) is 2.13. The summed E-state index contributed by atoms with van der Waals surface area (Å²) in [4.78, 5) is 1.87. The molecular formula is C8H13BrO2. The van der Waals surface area contributed by atoms with Gasteiger partial charge in [-0.15, -0.1) is 0 Å². The van der Waals surface area contributed by atoms with Crippen molar-refractivity contribution in [3.63, 3.8) is 0 Å². The van der Waals surface area contributed by atoms with E-state index in [0.717, 1.165) is 18.4 Å². The van der Waals surface area contributed by atoms with Gasteiger partial charge in [0.2, 0.25) is 0 Å². The third kappa shape index (κ3) is 2.93. The minimum atomic E-state index is 0.0243. The molecule has 0 aromatic rings. The highest BCUT2D eigenvalue weighted by Gasteiger charge is 2.15. The van der Waals surface area contributed by atoms with Gasteiger partial charge in [0, 0.05) is 0 Å². The minimum absolute atomic E-state index is 0.0243. The molecule has 0 bridgehead atoms. The van der Waals surface area contributed by atoms with Gasteiger partial charge in [-0.3, -0.25) is 0 Å². The molecule has 0 amide bonds. The molecule has 0 spiro atoms. The maximum absolute atomic E-state index is 5.40. The Morgan fingerprint density at radius 2 is 2.18 bits per heavy atom. The fraction of sp³-hybridized carbons (Fsp3) is 0.750. The zero-order valence-electron chi connectivity index (χ0n) is 6.68. The van der Waals surface area contributed by atoms with Gasteiger partial charge in [-0.05, 0) is 17.0 Å². The molecule has 1 rings (SSSR count). The van der Waals surface area contributed by atoms with Crippen molar-refractivity contribution in [1.82, 2.24) is 0 Å². The van der Waals surface area contributed by atoms with Gasteiger partial charge in [0.1, 0.15) is 0 Å². The van der Waals surface area contributed by atoms with Gasteiger partial charge in [-0.2, -0.15) is 0 Å². The second-order valence-electron chi connectivity index (χ2n) is 2.61. The van der Waals surface area contributed by atoms with Crippen molar-refractivity contribution in [2.24, 2.45) is 0 Å². The van der Waals surface area contributed by atoms with E-state index in [-0.39, 0.29) is 6.29 Å². The van der Waals surface area contributed by atoms with Crippen molar-refractivity contribution < 1.29 is 9.47 Å². The molecule has 1 saturated heterocycles. The normalized spacial score (nSPS) is 25.3. The molecule has 1 fully saturated rings. The summed E-state index contributed by atoms with van der Waals surface area (Å²) in [5.74, 6) is 0. The van der Waals surface area contributed by atoms with Crippen molar-refractivity contribution in [2.75, 3.05) is 13.2 Å². The molecule has 0 aliphatic carbocycles. The molecule has 1 heterocycles. The molecule has 0 atom stereocenters. The fourth-order valence-corrected chi connectivity index (χ4v) is 1.22. The lowest BCUT2D eigenvalue weighted by Crippen LogP contribution is -2.26. The van der Waals surface area contributed by atoms with Crippen LogP contribution in [0.2, 0.25) is 0 Å². The lowest BCUT2D eigenvalue weighted by Gasteiger charge is -2.24. The topological polar surface area (TPSA) is 18.5 Å². The summed E-state index contributed by atoms with van der Waals surface area (Å²) >= 11 is 3.25. The zero-order chi connectivity index (χ0) is 8.10. The average molecular weight is 221 g/mol. The van der Waals surface area contributed by atoms with E-state index in [0.29, 0.717) is 13.2 Å². The van der Waals surface area contributed by atoms with Crippen LogP contribution in [0.3, 0.4) is 0 Å². The van der Waals surface area contributed by atoms with Gasteiger partial charge in [0.25, 0.3) is 0 Å². The molecule has 0 N–H and O–H groups in total. The van der Waals surface area contributed by atoms with E-state index >= 15 is 0 Å². The Bertz CT molecular complexity index is 135. The average Bonchev–Trinajstić information content (AvgIpc) is 2.07. The summed E-state index contributed by atoms with van der Waals surface area (Å²) in [6.45, 7) is 3.54. The number of hydrogen-bond donors (Lipinski definition) is 0. The van der Waals surface area contributed by atoms with E-state index < -0.39 is 0 Å². The second-order valence-corrected chi connectivity index (χ2v) is 3.07. The summed E-state index contributed by atoms with van der Waals surface area (Å²) in [5.41, 5.74) is 1.16. The van der Waals surface area contributed by atoms with Gasteiger partial charge in [0.15, 0.2) is 6.29 Å². The van der Waals surface area contributed by atoms with Crippen LogP contribution in [0.15, 0.2) is 10.6 Å². The molecule has 64 valence electrons. The zero-order valence-corrected chi connectivity index (χ0v) is 8.26. The SMILES string of the molecule is CCCC1OCC(=CBr)CO1. The van der Waals surface area contributed by atoms with E-state index in [1.807, 2.05) is 4.99 Å². The van der Waals surface area contributed by atoms with E-state index in [2.05, 4.69) is 22.9 Å². The first-order valence-corrected chi connectivity index (χ1v) is 4.79. The predicted molar refractivity (Wildman–Crippen MR) is 47.6 cm³/mol. The Balaban J connectivity index is 2.24. The highest BCUT2D eigenvalue weighted by molar-refractivity contribution is 9.11. The molecule has 0 unspecified atom stereocenters. The Morgan fingerprint density at radius 3 is 2.64 bits per heavy atom. The van der Waals surface area contributed by atoms with Gasteiger partial charge in [0.05, 0.1) is 13.2 Å². The second kappa shape index (κ2) is 4.91. The number of hydrogen-bond acceptors (Lipinski definition) is 2. The highest BCUT2D eigenvalue weighted by Crippen LogP contribution is 2.14. The Morgan fingerprint density at radius 1 is 1.55 bits per heavy atom. The van der Waals surface area contributed by atoms with Crippen LogP contribution in [0.4, 0.5) is 0 Å². The van der Waals surface area contributed by atoms with Crippen LogP contribution in [0.25, 0.3) is 0 Å². The van der Waals surface area contributed by atoms with Crippen LogP contribution >= 0.6 is 15.9 Å². The lowest BCUT2D eigenvalue weighted by atomic mass is 10.3. The van der Waals surface area contributed by atoms with Crippen LogP contribution < -0.4 is 0 Å². The first-order valence-electron chi connectivity index (χ1n) is 3.88. The summed E-state index contributed by atoms with van der Waals surface area (Å²) in [7, 11) is 0. The standard InChI is InChI=1S/C8H13BrO2/c1-2-3-8-10-5-7(4-9)6-11-8/h4,8H,2-3,5-6H2,1H3. The summed E-state index contributed by atoms with van der Waals surface area (Å²) < 4.78 is 10.8. The third-order valence-electron chi connectivity index (χ3n) is 1.59. The quantitative estimate of drug-likeness (QED) is 0.712. The van der Waals surface area contributed by atoms with Crippen LogP contribution in [0.5, 0.6) is 0 Å².